The Bertz CT molecular complexity index is 741. The summed E-state index contributed by atoms with van der Waals surface area (Å²) in [5.41, 5.74) is 2.60. The zero-order valence-electron chi connectivity index (χ0n) is 12.1. The summed E-state index contributed by atoms with van der Waals surface area (Å²) in [6, 6.07) is 17.1. The molecule has 114 valence electrons. The highest BCUT2D eigenvalue weighted by molar-refractivity contribution is 9.10. The minimum absolute atomic E-state index is 0.152. The maximum atomic E-state index is 9.13. The van der Waals surface area contributed by atoms with E-state index in [0.717, 1.165) is 10.9 Å². The normalized spacial score (nSPS) is 12.6. The lowest BCUT2D eigenvalue weighted by molar-refractivity contribution is 0.284. The number of aliphatic hydroxyl groups excluding tert-OH is 1. The van der Waals surface area contributed by atoms with Crippen LogP contribution in [-0.4, -0.2) is 18.3 Å². The van der Waals surface area contributed by atoms with Crippen LogP contribution in [0.25, 0.3) is 10.1 Å². The van der Waals surface area contributed by atoms with Gasteiger partial charge in [0.15, 0.2) is 0 Å². The van der Waals surface area contributed by atoms with E-state index in [9.17, 15) is 0 Å². The van der Waals surface area contributed by atoms with Crippen molar-refractivity contribution in [2.75, 3.05) is 13.2 Å². The molecule has 0 fully saturated rings. The number of thiophene rings is 1. The Morgan fingerprint density at radius 2 is 1.95 bits per heavy atom. The van der Waals surface area contributed by atoms with Crippen molar-refractivity contribution in [3.63, 3.8) is 0 Å². The summed E-state index contributed by atoms with van der Waals surface area (Å²) < 4.78 is 2.42. The molecule has 0 aliphatic heterocycles. The average molecular weight is 376 g/mol. The van der Waals surface area contributed by atoms with Gasteiger partial charge < -0.3 is 10.4 Å². The fraction of sp³-hybridized carbons (Fsp3) is 0.222. The molecule has 1 unspecified atom stereocenters. The van der Waals surface area contributed by atoms with Crippen LogP contribution in [-0.2, 0) is 6.42 Å². The van der Waals surface area contributed by atoms with E-state index in [0.29, 0.717) is 6.54 Å². The second kappa shape index (κ2) is 7.38. The Labute approximate surface area is 142 Å². The lowest BCUT2D eigenvalue weighted by Gasteiger charge is -2.18. The molecule has 3 aromatic rings. The quantitative estimate of drug-likeness (QED) is 0.663. The van der Waals surface area contributed by atoms with Crippen molar-refractivity contribution in [2.45, 2.75) is 12.5 Å². The number of rotatable bonds is 6. The van der Waals surface area contributed by atoms with Gasteiger partial charge >= 0.3 is 0 Å². The smallest absolute Gasteiger partial charge is 0.0556 e. The molecule has 0 amide bonds. The molecule has 0 bridgehead atoms. The molecule has 0 spiro atoms. The molecular weight excluding hydrogens is 358 g/mol. The van der Waals surface area contributed by atoms with E-state index in [-0.39, 0.29) is 12.6 Å². The van der Waals surface area contributed by atoms with Gasteiger partial charge in [-0.2, -0.15) is 0 Å². The Kier molecular flexibility index (Phi) is 5.26. The summed E-state index contributed by atoms with van der Waals surface area (Å²) in [6.45, 7) is 0.755. The molecule has 1 heterocycles. The van der Waals surface area contributed by atoms with Crippen LogP contribution in [0.4, 0.5) is 0 Å². The molecule has 0 saturated carbocycles. The number of hydrogen-bond donors (Lipinski definition) is 2. The first-order chi connectivity index (χ1) is 10.8. The number of halogens is 1. The van der Waals surface area contributed by atoms with Crippen LogP contribution in [0.1, 0.15) is 17.2 Å². The third-order valence-electron chi connectivity index (χ3n) is 3.74. The van der Waals surface area contributed by atoms with Crippen molar-refractivity contribution in [3.05, 3.63) is 69.5 Å². The Hall–Kier alpha value is -1.20. The topological polar surface area (TPSA) is 32.3 Å². The molecule has 1 atom stereocenters. The Balaban J connectivity index is 1.90. The van der Waals surface area contributed by atoms with Crippen molar-refractivity contribution in [2.24, 2.45) is 0 Å². The molecule has 1 aromatic heterocycles. The number of fused-ring (bicyclic) bond motifs is 1. The number of hydrogen-bond acceptors (Lipinski definition) is 3. The molecule has 0 saturated heterocycles. The Morgan fingerprint density at radius 1 is 1.14 bits per heavy atom. The fourth-order valence-electron chi connectivity index (χ4n) is 2.66. The van der Waals surface area contributed by atoms with Gasteiger partial charge in [0.2, 0.25) is 0 Å². The highest BCUT2D eigenvalue weighted by Gasteiger charge is 2.14. The zero-order valence-corrected chi connectivity index (χ0v) is 14.5. The van der Waals surface area contributed by atoms with Crippen molar-refractivity contribution in [1.82, 2.24) is 5.32 Å². The molecule has 0 aliphatic rings. The van der Waals surface area contributed by atoms with E-state index in [1.165, 1.54) is 21.2 Å². The van der Waals surface area contributed by atoms with Crippen molar-refractivity contribution < 1.29 is 5.11 Å². The highest BCUT2D eigenvalue weighted by atomic mass is 79.9. The summed E-state index contributed by atoms with van der Waals surface area (Å²) in [4.78, 5) is 0. The zero-order chi connectivity index (χ0) is 15.4. The standard InChI is InChI=1S/C18H18BrNOS/c19-15-6-7-18-16(11-15)14(12-22-18)10-17(20-8-9-21)13-4-2-1-3-5-13/h1-7,11-12,17,20-21H,8-10H2. The van der Waals surface area contributed by atoms with Gasteiger partial charge in [-0.1, -0.05) is 46.3 Å². The molecule has 2 N–H and O–H groups in total. The van der Waals surface area contributed by atoms with Crippen molar-refractivity contribution in [3.8, 4) is 0 Å². The maximum Gasteiger partial charge on any atom is 0.0556 e. The van der Waals surface area contributed by atoms with E-state index in [1.807, 2.05) is 6.07 Å². The summed E-state index contributed by atoms with van der Waals surface area (Å²) in [6.07, 6.45) is 0.917. The van der Waals surface area contributed by atoms with Crippen LogP contribution in [0, 0.1) is 0 Å². The van der Waals surface area contributed by atoms with Crippen LogP contribution >= 0.6 is 27.3 Å². The first kappa shape index (κ1) is 15.7. The summed E-state index contributed by atoms with van der Waals surface area (Å²) >= 11 is 5.35. The SMILES string of the molecule is OCCNC(Cc1csc2ccc(Br)cc12)c1ccccc1. The van der Waals surface area contributed by atoms with Gasteiger partial charge in [0.25, 0.3) is 0 Å². The molecule has 0 radical (unpaired) electrons. The fourth-order valence-corrected chi connectivity index (χ4v) is 3.98. The minimum Gasteiger partial charge on any atom is -0.395 e. The van der Waals surface area contributed by atoms with Gasteiger partial charge in [0.05, 0.1) is 6.61 Å². The minimum atomic E-state index is 0.152. The number of aliphatic hydroxyl groups is 1. The molecule has 0 aliphatic carbocycles. The van der Waals surface area contributed by atoms with Crippen molar-refractivity contribution in [1.29, 1.82) is 0 Å². The van der Waals surface area contributed by atoms with Crippen LogP contribution in [0.2, 0.25) is 0 Å². The highest BCUT2D eigenvalue weighted by Crippen LogP contribution is 2.31. The first-order valence-corrected chi connectivity index (χ1v) is 9.00. The largest absolute Gasteiger partial charge is 0.395 e. The van der Waals surface area contributed by atoms with Gasteiger partial charge in [-0.3, -0.25) is 0 Å². The lowest BCUT2D eigenvalue weighted by atomic mass is 9.98. The van der Waals surface area contributed by atoms with Gasteiger partial charge in [-0.25, -0.2) is 0 Å². The van der Waals surface area contributed by atoms with E-state index in [2.05, 4.69) is 69.1 Å². The Morgan fingerprint density at radius 3 is 2.73 bits per heavy atom. The molecule has 2 aromatic carbocycles. The number of nitrogens with one attached hydrogen (secondary N) is 1. The summed E-state index contributed by atoms with van der Waals surface area (Å²) in [5.74, 6) is 0. The predicted molar refractivity (Wildman–Crippen MR) is 97.5 cm³/mol. The van der Waals surface area contributed by atoms with E-state index < -0.39 is 0 Å². The molecular formula is C18H18BrNOS. The molecule has 2 nitrogen and oxygen atoms in total. The maximum absolute atomic E-state index is 9.13. The van der Waals surface area contributed by atoms with E-state index in [1.54, 1.807) is 11.3 Å². The monoisotopic (exact) mass is 375 g/mol. The second-order valence-electron chi connectivity index (χ2n) is 5.25. The van der Waals surface area contributed by atoms with Crippen LogP contribution < -0.4 is 5.32 Å². The van der Waals surface area contributed by atoms with Gasteiger partial charge in [0, 0.05) is 21.8 Å². The third kappa shape index (κ3) is 3.58. The average Bonchev–Trinajstić information content (AvgIpc) is 2.94. The van der Waals surface area contributed by atoms with Crippen LogP contribution in [0.3, 0.4) is 0 Å². The molecule has 4 heteroatoms. The van der Waals surface area contributed by atoms with E-state index in [4.69, 9.17) is 5.11 Å². The summed E-state index contributed by atoms with van der Waals surface area (Å²) in [7, 11) is 0. The predicted octanol–water partition coefficient (Wildman–Crippen LogP) is 4.53. The van der Waals surface area contributed by atoms with Gasteiger partial charge in [0.1, 0.15) is 0 Å². The van der Waals surface area contributed by atoms with Gasteiger partial charge in [-0.15, -0.1) is 11.3 Å². The van der Waals surface area contributed by atoms with Gasteiger partial charge in [-0.05, 0) is 46.5 Å². The molecule has 22 heavy (non-hydrogen) atoms. The van der Waals surface area contributed by atoms with Crippen molar-refractivity contribution >= 4 is 37.4 Å². The second-order valence-corrected chi connectivity index (χ2v) is 7.07. The summed E-state index contributed by atoms with van der Waals surface area (Å²) in [5, 5.41) is 16.1. The lowest BCUT2D eigenvalue weighted by Crippen LogP contribution is -2.26. The first-order valence-electron chi connectivity index (χ1n) is 7.33. The number of benzene rings is 2. The van der Waals surface area contributed by atoms with Crippen LogP contribution in [0.15, 0.2) is 58.4 Å². The molecule has 3 rings (SSSR count). The van der Waals surface area contributed by atoms with E-state index >= 15 is 0 Å². The van der Waals surface area contributed by atoms with Crippen LogP contribution in [0.5, 0.6) is 0 Å². The third-order valence-corrected chi connectivity index (χ3v) is 5.25.